The van der Waals surface area contributed by atoms with Gasteiger partial charge < -0.3 is 11.5 Å². The molecule has 0 aliphatic heterocycles. The SMILES string of the molecule is BBB(B)B(B(B(B)B)B(B)B)B(B(B(B)B)B(B)B)C1CCC(C2CCC(c3ccc(Cc4cc(N)cc(N)c4)cc3)CC2)CC1. The number of hydrogen-bond donors (Lipinski definition) is 2. The molecule has 2 aliphatic rings. The summed E-state index contributed by atoms with van der Waals surface area (Å²) in [4.78, 5) is 0. The quantitative estimate of drug-likeness (QED) is 0.168. The molecule has 2 aliphatic carbocycles. The first-order chi connectivity index (χ1) is 22.3. The van der Waals surface area contributed by atoms with Crippen molar-refractivity contribution < 1.29 is 0 Å². The van der Waals surface area contributed by atoms with Gasteiger partial charge in [0.25, 0.3) is 0 Å². The van der Waals surface area contributed by atoms with E-state index in [2.05, 4.69) is 102 Å². The maximum Gasteiger partial charge on any atom is 0.0594 e. The van der Waals surface area contributed by atoms with Crippen molar-refractivity contribution in [3.8, 4) is 0 Å². The summed E-state index contributed by atoms with van der Waals surface area (Å²) in [6, 6.07) is 15.4. The molecule has 2 aromatic carbocycles. The maximum atomic E-state index is 6.03. The predicted octanol–water partition coefficient (Wildman–Crippen LogP) is -6.99. The summed E-state index contributed by atoms with van der Waals surface area (Å²) in [5.41, 5.74) is 17.6. The number of nitrogens with two attached hydrogens (primary N) is 2. The highest BCUT2D eigenvalue weighted by atomic mass is 14.6. The lowest BCUT2D eigenvalue weighted by Gasteiger charge is -2.48. The molecule has 0 spiro atoms. The van der Waals surface area contributed by atoms with Crippen LogP contribution in [0.3, 0.4) is 0 Å². The van der Waals surface area contributed by atoms with E-state index in [1.165, 1.54) is 69.6 Å². The molecule has 47 heavy (non-hydrogen) atoms. The van der Waals surface area contributed by atoms with E-state index in [9.17, 15) is 0 Å². The van der Waals surface area contributed by atoms with Crippen molar-refractivity contribution in [2.75, 3.05) is 11.5 Å². The molecule has 0 heterocycles. The van der Waals surface area contributed by atoms with Gasteiger partial charge in [0.2, 0.25) is 0 Å². The van der Waals surface area contributed by atoms with Crippen LogP contribution < -0.4 is 11.5 Å². The van der Waals surface area contributed by atoms with E-state index < -0.39 is 0 Å². The van der Waals surface area contributed by atoms with Crippen LogP contribution in [0, 0.1) is 11.8 Å². The molecule has 2 nitrogen and oxygen atoms in total. The third kappa shape index (κ3) is 10.2. The number of hydrogen-bond acceptors (Lipinski definition) is 2. The summed E-state index contributed by atoms with van der Waals surface area (Å²) >= 11 is 0. The second kappa shape index (κ2) is 18.0. The van der Waals surface area contributed by atoms with Crippen LogP contribution in [0.4, 0.5) is 11.4 Å². The standard InChI is InChI=1S/C25H54B20N2/c26-36-42(35)44(45(40(31)32)41(33)34)37(43(38(27)28)39(29)30)23-11-9-22(10-12-23)21-7-5-20(6-8-21)19-3-1-17(2-4-19)13-18-14-24(46)16-25(47)15-18/h1-4,14-16,20-23,36H,5-13,26-35,46-47H2. The molecule has 4 N–H and O–H groups in total. The Kier molecular flexibility index (Phi) is 15.0. The Morgan fingerprint density at radius 1 is 0.574 bits per heavy atom. The average molecular weight is 599 g/mol. The minimum Gasteiger partial charge on any atom is -0.399 e. The molecular weight excluding hydrogens is 545 g/mol. The molecule has 4 rings (SSSR count). The van der Waals surface area contributed by atoms with Crippen molar-refractivity contribution in [3.63, 3.8) is 0 Å². The summed E-state index contributed by atoms with van der Waals surface area (Å²) in [6.07, 6.45) is 18.6. The Morgan fingerprint density at radius 3 is 1.49 bits per heavy atom. The zero-order valence-corrected chi connectivity index (χ0v) is 32.3. The average Bonchev–Trinajstić information content (AvgIpc) is 3.01. The van der Waals surface area contributed by atoms with Crippen LogP contribution in [0.1, 0.15) is 74.0 Å². The van der Waals surface area contributed by atoms with Gasteiger partial charge in [0.1, 0.15) is 0 Å². The molecular formula is C25H54B20N2. The van der Waals surface area contributed by atoms with Gasteiger partial charge in [-0.05, 0) is 84.7 Å². The van der Waals surface area contributed by atoms with Gasteiger partial charge in [0.15, 0.2) is 0 Å². The first kappa shape index (κ1) is 39.1. The fourth-order valence-corrected chi connectivity index (χ4v) is 11.4. The fourth-order valence-electron chi connectivity index (χ4n) is 11.4. The molecule has 22 heteroatoms. The molecule has 0 radical (unpaired) electrons. The maximum absolute atomic E-state index is 6.03. The highest BCUT2D eigenvalue weighted by Gasteiger charge is 2.50. The van der Waals surface area contributed by atoms with Crippen LogP contribution in [0.2, 0.25) is 5.82 Å². The first-order valence-corrected chi connectivity index (χ1v) is 20.0. The van der Waals surface area contributed by atoms with Crippen LogP contribution in [-0.2, 0) is 6.42 Å². The Labute approximate surface area is 303 Å². The zero-order valence-electron chi connectivity index (χ0n) is 32.3. The molecule has 0 aromatic heterocycles. The fraction of sp³-hybridized carbons (Fsp3) is 0.520. The monoisotopic (exact) mass is 603 g/mol. The first-order valence-electron chi connectivity index (χ1n) is 20.0. The highest BCUT2D eigenvalue weighted by molar-refractivity contribution is 8.15. The van der Waals surface area contributed by atoms with Gasteiger partial charge in [-0.25, -0.2) is 0 Å². The van der Waals surface area contributed by atoms with Crippen molar-refractivity contribution in [2.45, 2.75) is 69.5 Å². The van der Waals surface area contributed by atoms with Gasteiger partial charge in [0.05, 0.1) is 77.4 Å². The van der Waals surface area contributed by atoms with Gasteiger partial charge in [0, 0.05) is 76.0 Å². The van der Waals surface area contributed by atoms with Crippen molar-refractivity contribution in [2.24, 2.45) is 11.8 Å². The van der Waals surface area contributed by atoms with E-state index in [0.29, 0.717) is 0 Å². The van der Waals surface area contributed by atoms with E-state index in [1.54, 1.807) is 5.56 Å². The Balaban J connectivity index is 1.39. The predicted molar refractivity (Wildman–Crippen MR) is 259 cm³/mol. The van der Waals surface area contributed by atoms with Crippen molar-refractivity contribution in [1.29, 1.82) is 0 Å². The summed E-state index contributed by atoms with van der Waals surface area (Å²) in [7, 11) is 26.7. The van der Waals surface area contributed by atoms with Crippen molar-refractivity contribution >= 4 is 153 Å². The highest BCUT2D eigenvalue weighted by Crippen LogP contribution is 2.46. The van der Waals surface area contributed by atoms with E-state index in [-0.39, 0.29) is 0 Å². The smallest absolute Gasteiger partial charge is 0.0594 e. The number of benzene rings is 2. The summed E-state index contributed by atoms with van der Waals surface area (Å²) in [6.45, 7) is 0.857. The van der Waals surface area contributed by atoms with Gasteiger partial charge in [-0.15, -0.1) is 0 Å². The number of anilines is 2. The van der Waals surface area contributed by atoms with E-state index in [0.717, 1.165) is 98.9 Å². The minimum absolute atomic E-state index is 0.724. The number of rotatable bonds is 14. The molecule has 0 unspecified atom stereocenters. The molecule has 0 atom stereocenters. The van der Waals surface area contributed by atoms with Crippen LogP contribution in [0.15, 0.2) is 42.5 Å². The second-order valence-electron chi connectivity index (χ2n) is 17.9. The van der Waals surface area contributed by atoms with Crippen LogP contribution >= 0.6 is 0 Å². The van der Waals surface area contributed by atoms with E-state index in [4.69, 9.17) is 11.5 Å². The third-order valence-electron chi connectivity index (χ3n) is 13.4. The van der Waals surface area contributed by atoms with Crippen LogP contribution in [-0.4, -0.2) is 142 Å². The lowest BCUT2D eigenvalue weighted by atomic mass is 8.41. The Morgan fingerprint density at radius 2 is 1.04 bits per heavy atom. The summed E-state index contributed by atoms with van der Waals surface area (Å²) in [5, 5.41) is 0. The topological polar surface area (TPSA) is 52.0 Å². The van der Waals surface area contributed by atoms with Gasteiger partial charge >= 0.3 is 0 Å². The molecule has 0 amide bonds. The summed E-state index contributed by atoms with van der Waals surface area (Å²) in [5.74, 6) is 3.51. The van der Waals surface area contributed by atoms with Gasteiger partial charge in [-0.1, -0.05) is 55.8 Å². The summed E-state index contributed by atoms with van der Waals surface area (Å²) < 4.78 is 0. The molecule has 2 saturated carbocycles. The third-order valence-corrected chi connectivity index (χ3v) is 13.4. The normalized spacial score (nSPS) is 20.8. The second-order valence-corrected chi connectivity index (χ2v) is 17.9. The van der Waals surface area contributed by atoms with E-state index in [1.807, 2.05) is 18.2 Å². The van der Waals surface area contributed by atoms with Gasteiger partial charge in [-0.3, -0.25) is 0 Å². The Bertz CT molecular complexity index is 1200. The Hall–Kier alpha value is -0.661. The molecule has 0 saturated heterocycles. The molecule has 224 valence electrons. The molecule has 2 aromatic rings. The number of nitrogen functional groups attached to an aromatic ring is 2. The minimum atomic E-state index is 0.724. The van der Waals surface area contributed by atoms with Crippen LogP contribution in [0.25, 0.3) is 0 Å². The van der Waals surface area contributed by atoms with Crippen molar-refractivity contribution in [3.05, 3.63) is 59.2 Å². The lowest BCUT2D eigenvalue weighted by molar-refractivity contribution is 0.186. The largest absolute Gasteiger partial charge is 0.399 e. The van der Waals surface area contributed by atoms with Crippen molar-refractivity contribution in [1.82, 2.24) is 0 Å². The van der Waals surface area contributed by atoms with Crippen LogP contribution in [0.5, 0.6) is 0 Å². The van der Waals surface area contributed by atoms with Gasteiger partial charge in [-0.2, -0.15) is 0 Å². The zero-order chi connectivity index (χ0) is 34.4. The van der Waals surface area contributed by atoms with E-state index >= 15 is 0 Å². The molecule has 2 fully saturated rings. The molecule has 0 bridgehead atoms. The lowest BCUT2D eigenvalue weighted by Crippen LogP contribution is -2.80.